The first-order valence-electron chi connectivity index (χ1n) is 16.9. The summed E-state index contributed by atoms with van der Waals surface area (Å²) in [4.78, 5) is 65.5. The van der Waals surface area contributed by atoms with Crippen LogP contribution in [0.25, 0.3) is 0 Å². The fraction of sp³-hybridized carbons (Fsp3) is 0.528. The summed E-state index contributed by atoms with van der Waals surface area (Å²) in [6.07, 6.45) is -2.05. The zero-order chi connectivity index (χ0) is 37.4. The van der Waals surface area contributed by atoms with E-state index in [1.807, 2.05) is 9.80 Å². The average Bonchev–Trinajstić information content (AvgIpc) is 3.71. The lowest BCUT2D eigenvalue weighted by Crippen LogP contribution is -2.49. The second kappa shape index (κ2) is 19.7. The molecular formula is C36H51F2N7O9. The summed E-state index contributed by atoms with van der Waals surface area (Å²) in [7, 11) is 0. The van der Waals surface area contributed by atoms with Crippen molar-refractivity contribution in [3.8, 4) is 0 Å². The summed E-state index contributed by atoms with van der Waals surface area (Å²) >= 11 is 0. The number of nitrogens with zero attached hydrogens (tertiary/aromatic N) is 5. The molecule has 298 valence electrons. The van der Waals surface area contributed by atoms with E-state index in [4.69, 9.17) is 19.3 Å². The predicted molar refractivity (Wildman–Crippen MR) is 198 cm³/mol. The highest BCUT2D eigenvalue weighted by molar-refractivity contribution is 5.91. The third-order valence-electron chi connectivity index (χ3n) is 8.85. The lowest BCUT2D eigenvalue weighted by atomic mass is 10.2. The molecule has 2 atom stereocenters. The van der Waals surface area contributed by atoms with E-state index < -0.39 is 36.8 Å². The van der Waals surface area contributed by atoms with Gasteiger partial charge in [-0.15, -0.1) is 0 Å². The van der Waals surface area contributed by atoms with E-state index in [0.29, 0.717) is 75.2 Å². The summed E-state index contributed by atoms with van der Waals surface area (Å²) in [6, 6.07) is 9.24. The number of hydrogen-bond acceptors (Lipinski definition) is 11. The molecule has 0 radical (unpaired) electrons. The number of hydrogen-bond donors (Lipinski definition) is 3. The average molecular weight is 764 g/mol. The van der Waals surface area contributed by atoms with Crippen LogP contribution in [0.15, 0.2) is 36.4 Å². The van der Waals surface area contributed by atoms with E-state index >= 15 is 0 Å². The number of cyclic esters (lactones) is 2. The highest BCUT2D eigenvalue weighted by Crippen LogP contribution is 2.30. The molecule has 5 amide bonds. The molecule has 54 heavy (non-hydrogen) atoms. The zero-order valence-corrected chi connectivity index (χ0v) is 29.0. The largest absolute Gasteiger partial charge is 0.442 e. The van der Waals surface area contributed by atoms with Gasteiger partial charge in [0.1, 0.15) is 30.4 Å². The number of carbonyl (C=O) groups excluding carboxylic acids is 5. The molecule has 3 N–H and O–H groups in total. The Hall–Kier alpha value is -5.23. The summed E-state index contributed by atoms with van der Waals surface area (Å²) in [5.74, 6) is -1.60. The Labute approximate surface area is 313 Å². The first kappa shape index (κ1) is 43.2. The van der Waals surface area contributed by atoms with Crippen molar-refractivity contribution >= 4 is 52.7 Å². The molecule has 4 aliphatic rings. The summed E-state index contributed by atoms with van der Waals surface area (Å²) in [6.45, 7) is 7.33. The van der Waals surface area contributed by atoms with Gasteiger partial charge in [-0.2, -0.15) is 0 Å². The van der Waals surface area contributed by atoms with Gasteiger partial charge in [0, 0.05) is 53.1 Å². The van der Waals surface area contributed by atoms with Gasteiger partial charge in [-0.05, 0) is 36.4 Å². The molecule has 0 saturated carbocycles. The van der Waals surface area contributed by atoms with Crippen molar-refractivity contribution in [2.75, 3.05) is 105 Å². The van der Waals surface area contributed by atoms with Gasteiger partial charge < -0.3 is 44.7 Å². The lowest BCUT2D eigenvalue weighted by molar-refractivity contribution is -0.134. The summed E-state index contributed by atoms with van der Waals surface area (Å²) < 4.78 is 44.8. The first-order valence-corrected chi connectivity index (χ1v) is 16.9. The maximum Gasteiger partial charge on any atom is 0.414 e. The fourth-order valence-corrected chi connectivity index (χ4v) is 6.13. The number of piperazine rings is 1. The second-order valence-corrected chi connectivity index (χ2v) is 12.5. The Balaban J connectivity index is 0.000000283. The molecular weight excluding hydrogens is 712 g/mol. The van der Waals surface area contributed by atoms with Gasteiger partial charge >= 0.3 is 12.2 Å². The van der Waals surface area contributed by atoms with Crippen LogP contribution in [0.4, 0.5) is 41.1 Å². The van der Waals surface area contributed by atoms with Crippen LogP contribution in [0.1, 0.15) is 28.7 Å². The van der Waals surface area contributed by atoms with Crippen molar-refractivity contribution in [1.82, 2.24) is 15.5 Å². The normalized spacial score (nSPS) is 19.5. The van der Waals surface area contributed by atoms with E-state index in [1.54, 1.807) is 24.3 Å². The third kappa shape index (κ3) is 10.9. The minimum absolute atomic E-state index is 0. The van der Waals surface area contributed by atoms with Crippen molar-refractivity contribution in [3.63, 3.8) is 0 Å². The minimum atomic E-state index is -0.585. The Morgan fingerprint density at radius 3 is 1.54 bits per heavy atom. The molecule has 4 heterocycles. The van der Waals surface area contributed by atoms with Gasteiger partial charge in [0.25, 0.3) is 0 Å². The van der Waals surface area contributed by atoms with Gasteiger partial charge in [0.05, 0.1) is 62.1 Å². The van der Waals surface area contributed by atoms with Gasteiger partial charge in [0.15, 0.2) is 0 Å². The quantitative estimate of drug-likeness (QED) is 0.342. The van der Waals surface area contributed by atoms with Gasteiger partial charge in [0.2, 0.25) is 17.7 Å². The second-order valence-electron chi connectivity index (χ2n) is 12.5. The number of rotatable bonds is 9. The molecule has 18 heteroatoms. The van der Waals surface area contributed by atoms with Crippen LogP contribution in [0.3, 0.4) is 0 Å². The number of anilines is 4. The minimum Gasteiger partial charge on any atom is -0.442 e. The van der Waals surface area contributed by atoms with Crippen molar-refractivity contribution < 1.29 is 52.1 Å². The van der Waals surface area contributed by atoms with Gasteiger partial charge in [-0.25, -0.2) is 18.4 Å². The predicted octanol–water partition coefficient (Wildman–Crippen LogP) is 2.32. The summed E-state index contributed by atoms with van der Waals surface area (Å²) in [5.41, 5.74) is 1.72. The van der Waals surface area contributed by atoms with Crippen LogP contribution in [0.5, 0.6) is 0 Å². The summed E-state index contributed by atoms with van der Waals surface area (Å²) in [5, 5.41) is 14.1. The number of carbonyl (C=O) groups is 5. The molecule has 2 aromatic rings. The first-order chi connectivity index (χ1) is 24.9. The van der Waals surface area contributed by atoms with E-state index in [9.17, 15) is 32.8 Å². The lowest BCUT2D eigenvalue weighted by Gasteiger charge is -2.36. The Morgan fingerprint density at radius 2 is 1.15 bits per heavy atom. The van der Waals surface area contributed by atoms with Crippen LogP contribution < -0.4 is 30.2 Å². The molecule has 0 unspecified atom stereocenters. The Morgan fingerprint density at radius 1 is 0.722 bits per heavy atom. The molecule has 16 nitrogen and oxygen atoms in total. The Kier molecular flexibility index (Phi) is 15.8. The number of benzene rings is 2. The molecule has 0 aliphatic carbocycles. The van der Waals surface area contributed by atoms with E-state index in [2.05, 4.69) is 10.6 Å². The number of aliphatic hydroxyl groups is 1. The molecule has 0 bridgehead atoms. The van der Waals surface area contributed by atoms with Crippen LogP contribution in [-0.4, -0.2) is 137 Å². The number of morpholine rings is 1. The Bertz CT molecular complexity index is 1640. The smallest absolute Gasteiger partial charge is 0.414 e. The maximum absolute atomic E-state index is 14.7. The van der Waals surface area contributed by atoms with Crippen LogP contribution >= 0.6 is 0 Å². The van der Waals surface area contributed by atoms with E-state index in [0.717, 1.165) is 0 Å². The van der Waals surface area contributed by atoms with Crippen LogP contribution in [0, 0.1) is 11.6 Å². The molecule has 0 spiro atoms. The number of amides is 5. The van der Waals surface area contributed by atoms with Crippen molar-refractivity contribution in [3.05, 3.63) is 48.0 Å². The maximum atomic E-state index is 14.7. The monoisotopic (exact) mass is 763 g/mol. The van der Waals surface area contributed by atoms with Gasteiger partial charge in [-0.3, -0.25) is 24.2 Å². The zero-order valence-electron chi connectivity index (χ0n) is 29.0. The van der Waals surface area contributed by atoms with Crippen molar-refractivity contribution in [2.24, 2.45) is 0 Å². The fourth-order valence-electron chi connectivity index (χ4n) is 6.13. The molecule has 2 aromatic carbocycles. The number of halogens is 2. The standard InChI is InChI=1S/C18H23FN4O5.C16H20FN3O4.2CH4/c1-12(25)20-9-14-10-23(18(27)28-14)13-2-3-16(15(19)8-13)21-4-6-22(7-5-21)17(26)11-24;1-11(21)18-9-13-10-20(16(22)24-13)12-2-3-15(14(17)8-12)19-4-6-23-7-5-19;;/h2-3,8,14,24H,4-7,9-11H2,1H3,(H,20,25);2-3,8,13H,4-7,9-10H2,1H3,(H,18,21);2*1H4/t14-;13-;;/m00../s1. The topological polar surface area (TPSA) is 174 Å². The molecule has 6 rings (SSSR count). The van der Waals surface area contributed by atoms with Crippen molar-refractivity contribution in [2.45, 2.75) is 40.9 Å². The molecule has 0 aromatic heterocycles. The van der Waals surface area contributed by atoms with Gasteiger partial charge in [-0.1, -0.05) is 14.9 Å². The third-order valence-corrected chi connectivity index (χ3v) is 8.85. The number of ether oxygens (including phenoxy) is 3. The van der Waals surface area contributed by atoms with Crippen LogP contribution in [0.2, 0.25) is 0 Å². The molecule has 4 aliphatic heterocycles. The highest BCUT2D eigenvalue weighted by Gasteiger charge is 2.34. The van der Waals surface area contributed by atoms with Crippen LogP contribution in [-0.2, 0) is 28.6 Å². The molecule has 4 saturated heterocycles. The SMILES string of the molecule is C.C.CC(=O)NC[C@H]1CN(c2ccc(N3CCN(C(=O)CO)CC3)c(F)c2)C(=O)O1.CC(=O)NC[C@H]1CN(c2ccc(N3CCOCC3)c(F)c2)C(=O)O1. The van der Waals surface area contributed by atoms with E-state index in [-0.39, 0.29) is 64.6 Å². The molecule has 4 fully saturated rings. The highest BCUT2D eigenvalue weighted by atomic mass is 19.1. The van der Waals surface area contributed by atoms with Crippen molar-refractivity contribution in [1.29, 1.82) is 0 Å². The number of nitrogens with one attached hydrogen (secondary N) is 2. The number of aliphatic hydroxyl groups excluding tert-OH is 1. The van der Waals surface area contributed by atoms with E-state index in [1.165, 1.54) is 40.7 Å².